The summed E-state index contributed by atoms with van der Waals surface area (Å²) in [4.78, 5) is 20.4. The molecule has 0 aliphatic carbocycles. The minimum atomic E-state index is -1.30. The van der Waals surface area contributed by atoms with Gasteiger partial charge in [0, 0.05) is 0 Å². The van der Waals surface area contributed by atoms with Crippen LogP contribution in [0.2, 0.25) is 0 Å². The Morgan fingerprint density at radius 3 is 1.19 bits per heavy atom. The molecule has 0 aliphatic rings. The molecule has 0 saturated carbocycles. The molecule has 2 rings (SSSR count). The predicted molar refractivity (Wildman–Crippen MR) is 69.5 cm³/mol. The van der Waals surface area contributed by atoms with Crippen molar-refractivity contribution in [3.63, 3.8) is 0 Å². The molecule has 0 spiro atoms. The Hall–Kier alpha value is -2.50. The average molecular weight is 325 g/mol. The number of carboxylic acid groups (broad SMARTS) is 2. The monoisotopic (exact) mass is 325 g/mol. The normalized spacial score (nSPS) is 8.76. The average Bonchev–Trinajstić information content (AvgIpc) is 2.40. The van der Waals surface area contributed by atoms with E-state index in [0.717, 1.165) is 0 Å². The second-order valence-electron chi connectivity index (χ2n) is 3.67. The molecule has 6 nitrogen and oxygen atoms in total. The van der Waals surface area contributed by atoms with Crippen LogP contribution in [0.5, 0.6) is 0 Å². The first-order valence-electron chi connectivity index (χ1n) is 5.47. The van der Waals surface area contributed by atoms with Crippen LogP contribution in [0.15, 0.2) is 48.5 Å². The van der Waals surface area contributed by atoms with Crippen molar-refractivity contribution >= 4 is 23.3 Å². The Balaban J connectivity index is 0.000000364. The fourth-order valence-corrected chi connectivity index (χ4v) is 1.32. The summed E-state index contributed by atoms with van der Waals surface area (Å²) in [6.07, 6.45) is 0. The maximum absolute atomic E-state index is 10.2. The third-order valence-electron chi connectivity index (χ3n) is 2.29. The van der Waals surface area contributed by atoms with Crippen molar-refractivity contribution in [3.8, 4) is 0 Å². The van der Waals surface area contributed by atoms with E-state index in [4.69, 9.17) is 11.5 Å². The van der Waals surface area contributed by atoms with E-state index in [1.165, 1.54) is 24.3 Å². The summed E-state index contributed by atoms with van der Waals surface area (Å²) in [7, 11) is 0. The van der Waals surface area contributed by atoms with Crippen LogP contribution in [0, 0.1) is 0 Å². The zero-order valence-corrected chi connectivity index (χ0v) is 11.8. The molecular formula is C14H10MnN2O4-2. The van der Waals surface area contributed by atoms with E-state index in [-0.39, 0.29) is 39.6 Å². The van der Waals surface area contributed by atoms with Crippen LogP contribution < -0.4 is 10.2 Å². The first-order valence-corrected chi connectivity index (χ1v) is 5.47. The summed E-state index contributed by atoms with van der Waals surface area (Å²) < 4.78 is 0. The van der Waals surface area contributed by atoms with Gasteiger partial charge >= 0.3 is 17.1 Å². The third kappa shape index (κ3) is 5.56. The quantitative estimate of drug-likeness (QED) is 0.774. The van der Waals surface area contributed by atoms with Gasteiger partial charge < -0.3 is 31.3 Å². The molecule has 0 aromatic heterocycles. The predicted octanol–water partition coefficient (Wildman–Crippen LogP) is 1.47. The number of rotatable bonds is 2. The molecule has 7 heteroatoms. The zero-order chi connectivity index (χ0) is 15.1. The minimum Gasteiger partial charge on any atom is -0.698 e. The van der Waals surface area contributed by atoms with Crippen LogP contribution >= 0.6 is 0 Å². The van der Waals surface area contributed by atoms with Gasteiger partial charge in [-0.1, -0.05) is 48.5 Å². The second kappa shape index (κ2) is 8.63. The van der Waals surface area contributed by atoms with Gasteiger partial charge in [0.25, 0.3) is 0 Å². The molecule has 0 heterocycles. The first kappa shape index (κ1) is 18.5. The van der Waals surface area contributed by atoms with Crippen molar-refractivity contribution in [1.29, 1.82) is 0 Å². The van der Waals surface area contributed by atoms with E-state index in [0.29, 0.717) is 0 Å². The van der Waals surface area contributed by atoms with Gasteiger partial charge in [-0.05, 0) is 11.1 Å². The number of carboxylic acids is 2. The molecule has 2 N–H and O–H groups in total. The van der Waals surface area contributed by atoms with Gasteiger partial charge in [0.1, 0.15) is 0 Å². The van der Waals surface area contributed by atoms with Crippen molar-refractivity contribution in [2.24, 2.45) is 0 Å². The molecule has 21 heavy (non-hydrogen) atoms. The SMILES string of the molecule is [Mn+2].[NH-]c1ccccc1C(=O)[O-].[NH-]c1ccccc1C(=O)[O-]. The molecule has 0 unspecified atom stereocenters. The summed E-state index contributed by atoms with van der Waals surface area (Å²) >= 11 is 0. The summed E-state index contributed by atoms with van der Waals surface area (Å²) in [5.74, 6) is -2.60. The Morgan fingerprint density at radius 2 is 1.00 bits per heavy atom. The van der Waals surface area contributed by atoms with E-state index in [1.807, 2.05) is 0 Å². The van der Waals surface area contributed by atoms with Gasteiger partial charge in [0.15, 0.2) is 0 Å². The van der Waals surface area contributed by atoms with E-state index in [2.05, 4.69) is 0 Å². The molecule has 109 valence electrons. The number of carbonyl (C=O) groups is 2. The molecule has 2 aromatic rings. The summed E-state index contributed by atoms with van der Waals surface area (Å²) in [6.45, 7) is 0. The number of benzene rings is 2. The molecule has 0 amide bonds. The number of hydrogen-bond acceptors (Lipinski definition) is 4. The van der Waals surface area contributed by atoms with Crippen LogP contribution in [0.3, 0.4) is 0 Å². The van der Waals surface area contributed by atoms with Crippen LogP contribution in [-0.4, -0.2) is 11.9 Å². The number of hydrogen-bond donors (Lipinski definition) is 0. The van der Waals surface area contributed by atoms with Gasteiger partial charge in [0.05, 0.1) is 11.9 Å². The maximum Gasteiger partial charge on any atom is 2.00 e. The topological polar surface area (TPSA) is 128 Å². The number of nitrogens with one attached hydrogen (secondary N) is 2. The van der Waals surface area contributed by atoms with E-state index in [9.17, 15) is 19.8 Å². The molecular weight excluding hydrogens is 315 g/mol. The Bertz CT molecular complexity index is 576. The summed E-state index contributed by atoms with van der Waals surface area (Å²) in [5, 5.41) is 20.4. The third-order valence-corrected chi connectivity index (χ3v) is 2.29. The number of carbonyl (C=O) groups excluding carboxylic acids is 2. The molecule has 0 atom stereocenters. The Kier molecular flexibility index (Phi) is 7.60. The van der Waals surface area contributed by atoms with Crippen molar-refractivity contribution in [3.05, 3.63) is 71.1 Å². The molecule has 1 radical (unpaired) electrons. The van der Waals surface area contributed by atoms with E-state index >= 15 is 0 Å². The fraction of sp³-hybridized carbons (Fsp3) is 0. The standard InChI is InChI=1S/2C7H6NO2.Mn/c2*8-6-4-2-1-3-5(6)7(9)10;/h2*1-4,8H,(H,9,10);/q2*-1;+2/p-2. The largest absolute Gasteiger partial charge is 2.00 e. The molecule has 2 aromatic carbocycles. The molecule has 0 aliphatic heterocycles. The fourth-order valence-electron chi connectivity index (χ4n) is 1.32. The van der Waals surface area contributed by atoms with E-state index < -0.39 is 11.9 Å². The maximum atomic E-state index is 10.2. The van der Waals surface area contributed by atoms with E-state index in [1.54, 1.807) is 24.3 Å². The van der Waals surface area contributed by atoms with Gasteiger partial charge in [-0.15, -0.1) is 11.4 Å². The van der Waals surface area contributed by atoms with Crippen molar-refractivity contribution < 1.29 is 36.9 Å². The zero-order valence-electron chi connectivity index (χ0n) is 10.6. The Morgan fingerprint density at radius 1 is 0.714 bits per heavy atom. The molecule has 0 bridgehead atoms. The van der Waals surface area contributed by atoms with Crippen molar-refractivity contribution in [1.82, 2.24) is 0 Å². The van der Waals surface area contributed by atoms with Crippen LogP contribution in [0.4, 0.5) is 11.4 Å². The minimum absolute atomic E-state index is 0. The number of aromatic carboxylic acids is 2. The van der Waals surface area contributed by atoms with Crippen LogP contribution in [0.25, 0.3) is 11.5 Å². The second-order valence-corrected chi connectivity index (χ2v) is 3.67. The van der Waals surface area contributed by atoms with Gasteiger partial charge in [-0.3, -0.25) is 0 Å². The van der Waals surface area contributed by atoms with Crippen LogP contribution in [-0.2, 0) is 17.1 Å². The molecule has 0 fully saturated rings. The van der Waals surface area contributed by atoms with Gasteiger partial charge in [-0.2, -0.15) is 0 Å². The van der Waals surface area contributed by atoms with Gasteiger partial charge in [-0.25, -0.2) is 0 Å². The van der Waals surface area contributed by atoms with Gasteiger partial charge in [0.2, 0.25) is 0 Å². The summed E-state index contributed by atoms with van der Waals surface area (Å²) in [6, 6.07) is 11.8. The Labute approximate surface area is 131 Å². The summed E-state index contributed by atoms with van der Waals surface area (Å²) in [5.41, 5.74) is 14.0. The molecule has 0 saturated heterocycles. The smallest absolute Gasteiger partial charge is 0.698 e. The first-order chi connectivity index (χ1) is 9.43. The van der Waals surface area contributed by atoms with Crippen LogP contribution in [0.1, 0.15) is 20.7 Å². The van der Waals surface area contributed by atoms with Crippen molar-refractivity contribution in [2.45, 2.75) is 0 Å². The van der Waals surface area contributed by atoms with Crippen molar-refractivity contribution in [2.75, 3.05) is 0 Å².